The van der Waals surface area contributed by atoms with Crippen molar-refractivity contribution in [2.75, 3.05) is 13.1 Å². The van der Waals surface area contributed by atoms with E-state index in [2.05, 4.69) is 38.1 Å². The average molecular weight is 282 g/mol. The van der Waals surface area contributed by atoms with Gasteiger partial charge < -0.3 is 11.1 Å². The van der Waals surface area contributed by atoms with Gasteiger partial charge in [-0.15, -0.1) is 11.8 Å². The van der Waals surface area contributed by atoms with Crippen molar-refractivity contribution in [1.29, 1.82) is 0 Å². The lowest BCUT2D eigenvalue weighted by Gasteiger charge is -2.16. The van der Waals surface area contributed by atoms with Gasteiger partial charge >= 0.3 is 0 Å². The summed E-state index contributed by atoms with van der Waals surface area (Å²) in [4.78, 5) is 4.13. The molecule has 0 aromatic carbocycles. The van der Waals surface area contributed by atoms with Crippen molar-refractivity contribution in [3.63, 3.8) is 0 Å². The van der Waals surface area contributed by atoms with Crippen LogP contribution in [0.3, 0.4) is 0 Å². The van der Waals surface area contributed by atoms with E-state index in [9.17, 15) is 0 Å². The first kappa shape index (κ1) is 13.2. The number of aromatic nitrogens is 1. The number of pyridine rings is 1. The van der Waals surface area contributed by atoms with E-state index >= 15 is 0 Å². The molecule has 16 heavy (non-hydrogen) atoms. The van der Waals surface area contributed by atoms with Crippen molar-refractivity contribution >= 4 is 15.9 Å². The Morgan fingerprint density at radius 1 is 1.56 bits per heavy atom. The zero-order chi connectivity index (χ0) is 11.8. The number of nitrogens with one attached hydrogen (secondary N) is 1. The minimum Gasteiger partial charge on any atom is -0.329 e. The second-order valence-electron chi connectivity index (χ2n) is 3.36. The molecular weight excluding hydrogens is 266 g/mol. The summed E-state index contributed by atoms with van der Waals surface area (Å²) in [7, 11) is 0. The van der Waals surface area contributed by atoms with E-state index in [4.69, 9.17) is 5.73 Å². The standard InChI is InChI=1S/C12H16BrN3/c1-2-3-4-5-16-12(7-14)10-6-11(13)9-15-8-10/h6,8-9,12,16H,4-5,7,14H2,1H3. The minimum absolute atomic E-state index is 0.142. The third-order valence-corrected chi connectivity index (χ3v) is 2.62. The van der Waals surface area contributed by atoms with Gasteiger partial charge in [-0.1, -0.05) is 0 Å². The highest BCUT2D eigenvalue weighted by Gasteiger charge is 2.08. The minimum atomic E-state index is 0.142. The second-order valence-corrected chi connectivity index (χ2v) is 4.27. The second kappa shape index (κ2) is 7.39. The Morgan fingerprint density at radius 3 is 3.00 bits per heavy atom. The van der Waals surface area contributed by atoms with Crippen LogP contribution in [0.2, 0.25) is 0 Å². The van der Waals surface area contributed by atoms with Crippen LogP contribution < -0.4 is 11.1 Å². The monoisotopic (exact) mass is 281 g/mol. The van der Waals surface area contributed by atoms with Crippen LogP contribution >= 0.6 is 15.9 Å². The van der Waals surface area contributed by atoms with Crippen LogP contribution in [-0.4, -0.2) is 18.1 Å². The van der Waals surface area contributed by atoms with Gasteiger partial charge in [0.25, 0.3) is 0 Å². The molecule has 0 aliphatic rings. The number of halogens is 1. The van der Waals surface area contributed by atoms with Crippen molar-refractivity contribution in [2.24, 2.45) is 5.73 Å². The predicted octanol–water partition coefficient (Wildman–Crippen LogP) is 1.85. The summed E-state index contributed by atoms with van der Waals surface area (Å²) in [5.41, 5.74) is 6.83. The normalized spacial score (nSPS) is 11.7. The zero-order valence-electron chi connectivity index (χ0n) is 9.33. The molecule has 3 N–H and O–H groups in total. The Kier molecular flexibility index (Phi) is 6.09. The van der Waals surface area contributed by atoms with Gasteiger partial charge in [0, 0.05) is 42.4 Å². The molecule has 1 atom stereocenters. The molecule has 0 fully saturated rings. The van der Waals surface area contributed by atoms with E-state index in [0.717, 1.165) is 23.0 Å². The van der Waals surface area contributed by atoms with Gasteiger partial charge in [-0.2, -0.15) is 0 Å². The Balaban J connectivity index is 2.55. The maximum absolute atomic E-state index is 5.73. The van der Waals surface area contributed by atoms with E-state index in [1.54, 1.807) is 6.20 Å². The van der Waals surface area contributed by atoms with E-state index < -0.39 is 0 Å². The van der Waals surface area contributed by atoms with Crippen LogP contribution in [0.5, 0.6) is 0 Å². The molecule has 0 amide bonds. The molecule has 0 saturated heterocycles. The SMILES string of the molecule is CC#CCCNC(CN)c1cncc(Br)c1. The van der Waals surface area contributed by atoms with Crippen molar-refractivity contribution in [3.05, 3.63) is 28.5 Å². The summed E-state index contributed by atoms with van der Waals surface area (Å²) in [5, 5.41) is 3.36. The summed E-state index contributed by atoms with van der Waals surface area (Å²) in [5.74, 6) is 5.88. The van der Waals surface area contributed by atoms with Crippen molar-refractivity contribution in [2.45, 2.75) is 19.4 Å². The lowest BCUT2D eigenvalue weighted by Crippen LogP contribution is -2.29. The molecule has 0 aliphatic carbocycles. The number of hydrogen-bond donors (Lipinski definition) is 2. The van der Waals surface area contributed by atoms with Gasteiger partial charge in [0.1, 0.15) is 0 Å². The van der Waals surface area contributed by atoms with Crippen molar-refractivity contribution in [1.82, 2.24) is 10.3 Å². The molecule has 0 saturated carbocycles. The lowest BCUT2D eigenvalue weighted by atomic mass is 10.1. The third-order valence-electron chi connectivity index (χ3n) is 2.18. The predicted molar refractivity (Wildman–Crippen MR) is 69.8 cm³/mol. The van der Waals surface area contributed by atoms with Crippen LogP contribution in [0.1, 0.15) is 24.9 Å². The molecule has 0 bridgehead atoms. The summed E-state index contributed by atoms with van der Waals surface area (Å²) in [6, 6.07) is 2.17. The largest absolute Gasteiger partial charge is 0.329 e. The molecule has 4 heteroatoms. The average Bonchev–Trinajstić information content (AvgIpc) is 2.29. The van der Waals surface area contributed by atoms with Crippen LogP contribution in [0.15, 0.2) is 22.9 Å². The summed E-state index contributed by atoms with van der Waals surface area (Å²) in [6.07, 6.45) is 4.44. The molecule has 1 heterocycles. The molecule has 1 aromatic rings. The van der Waals surface area contributed by atoms with E-state index in [0.29, 0.717) is 6.54 Å². The highest BCUT2D eigenvalue weighted by atomic mass is 79.9. The molecule has 0 radical (unpaired) electrons. The first-order chi connectivity index (χ1) is 7.77. The van der Waals surface area contributed by atoms with Gasteiger partial charge in [0.05, 0.1) is 0 Å². The molecule has 0 aliphatic heterocycles. The Bertz CT molecular complexity index is 381. The number of nitrogens with zero attached hydrogens (tertiary/aromatic N) is 1. The summed E-state index contributed by atoms with van der Waals surface area (Å²) < 4.78 is 0.971. The molecule has 1 unspecified atom stereocenters. The first-order valence-electron chi connectivity index (χ1n) is 5.21. The van der Waals surface area contributed by atoms with Gasteiger partial charge in [-0.25, -0.2) is 0 Å². The topological polar surface area (TPSA) is 50.9 Å². The fourth-order valence-electron chi connectivity index (χ4n) is 1.39. The Hall–Kier alpha value is -0.890. The number of nitrogens with two attached hydrogens (primary N) is 1. The van der Waals surface area contributed by atoms with E-state index in [1.165, 1.54) is 0 Å². The smallest absolute Gasteiger partial charge is 0.0460 e. The quantitative estimate of drug-likeness (QED) is 0.640. The third kappa shape index (κ3) is 4.31. The maximum Gasteiger partial charge on any atom is 0.0460 e. The van der Waals surface area contributed by atoms with Crippen LogP contribution in [0.25, 0.3) is 0 Å². The number of rotatable bonds is 5. The zero-order valence-corrected chi connectivity index (χ0v) is 10.9. The fourth-order valence-corrected chi connectivity index (χ4v) is 1.77. The highest BCUT2D eigenvalue weighted by Crippen LogP contribution is 2.15. The molecule has 3 nitrogen and oxygen atoms in total. The van der Waals surface area contributed by atoms with E-state index in [-0.39, 0.29) is 6.04 Å². The molecule has 86 valence electrons. The van der Waals surface area contributed by atoms with Crippen LogP contribution in [-0.2, 0) is 0 Å². The Morgan fingerprint density at radius 2 is 2.38 bits per heavy atom. The van der Waals surface area contributed by atoms with Gasteiger partial charge in [-0.3, -0.25) is 4.98 Å². The molecule has 1 aromatic heterocycles. The van der Waals surface area contributed by atoms with Crippen LogP contribution in [0.4, 0.5) is 0 Å². The first-order valence-corrected chi connectivity index (χ1v) is 6.00. The Labute approximate surface area is 105 Å². The summed E-state index contributed by atoms with van der Waals surface area (Å²) >= 11 is 3.40. The fraction of sp³-hybridized carbons (Fsp3) is 0.417. The van der Waals surface area contributed by atoms with E-state index in [1.807, 2.05) is 19.2 Å². The lowest BCUT2D eigenvalue weighted by molar-refractivity contribution is 0.549. The van der Waals surface area contributed by atoms with Crippen molar-refractivity contribution < 1.29 is 0 Å². The molecule has 1 rings (SSSR count). The van der Waals surface area contributed by atoms with Crippen molar-refractivity contribution in [3.8, 4) is 11.8 Å². The number of hydrogen-bond acceptors (Lipinski definition) is 3. The van der Waals surface area contributed by atoms with Gasteiger partial charge in [-0.05, 0) is 34.5 Å². The van der Waals surface area contributed by atoms with Crippen LogP contribution in [0, 0.1) is 11.8 Å². The summed E-state index contributed by atoms with van der Waals surface area (Å²) in [6.45, 7) is 3.24. The highest BCUT2D eigenvalue weighted by molar-refractivity contribution is 9.10. The molecular formula is C12H16BrN3. The molecule has 0 spiro atoms. The maximum atomic E-state index is 5.73. The van der Waals surface area contributed by atoms with Gasteiger partial charge in [0.2, 0.25) is 0 Å². The van der Waals surface area contributed by atoms with Gasteiger partial charge in [0.15, 0.2) is 0 Å².